The third kappa shape index (κ3) is 4.50. The van der Waals surface area contributed by atoms with Crippen LogP contribution in [0.1, 0.15) is 17.3 Å². The zero-order valence-electron chi connectivity index (χ0n) is 11.6. The van der Waals surface area contributed by atoms with Gasteiger partial charge in [-0.2, -0.15) is 4.98 Å². The summed E-state index contributed by atoms with van der Waals surface area (Å²) >= 11 is 0. The van der Waals surface area contributed by atoms with Gasteiger partial charge in [0.2, 0.25) is 10.0 Å². The fraction of sp³-hybridized carbons (Fsp3) is 0.154. The Kier molecular flexibility index (Phi) is 4.68. The van der Waals surface area contributed by atoms with Crippen molar-refractivity contribution < 1.29 is 22.5 Å². The van der Waals surface area contributed by atoms with Gasteiger partial charge < -0.3 is 9.26 Å². The van der Waals surface area contributed by atoms with Gasteiger partial charge in [0, 0.05) is 6.08 Å². The number of rotatable bonds is 5. The normalized spacial score (nSPS) is 11.7. The molecule has 0 aliphatic carbocycles. The average Bonchev–Trinajstić information content (AvgIpc) is 2.88. The summed E-state index contributed by atoms with van der Waals surface area (Å²) in [5.41, 5.74) is 0.623. The number of hydrogen-bond donors (Lipinski definition) is 1. The molecule has 22 heavy (non-hydrogen) atoms. The van der Waals surface area contributed by atoms with E-state index >= 15 is 0 Å². The van der Waals surface area contributed by atoms with Crippen LogP contribution in [0.15, 0.2) is 39.8 Å². The van der Waals surface area contributed by atoms with Gasteiger partial charge in [0.05, 0.1) is 4.90 Å². The number of carbonyl (C=O) groups is 1. The summed E-state index contributed by atoms with van der Waals surface area (Å²) in [6, 6.07) is 5.74. The van der Waals surface area contributed by atoms with Gasteiger partial charge in [-0.3, -0.25) is 0 Å². The lowest BCUT2D eigenvalue weighted by Crippen LogP contribution is -2.11. The lowest BCUT2D eigenvalue weighted by atomic mass is 10.2. The van der Waals surface area contributed by atoms with E-state index in [2.05, 4.69) is 10.1 Å². The van der Waals surface area contributed by atoms with Gasteiger partial charge in [-0.05, 0) is 30.7 Å². The maximum atomic E-state index is 11.5. The van der Waals surface area contributed by atoms with Crippen LogP contribution in [0.4, 0.5) is 0 Å². The zero-order chi connectivity index (χ0) is 16.2. The number of sulfonamides is 1. The first-order chi connectivity index (χ1) is 10.3. The first kappa shape index (κ1) is 15.9. The Labute approximate surface area is 126 Å². The third-order valence-electron chi connectivity index (χ3n) is 2.53. The minimum Gasteiger partial charge on any atom is -0.452 e. The van der Waals surface area contributed by atoms with Crippen LogP contribution >= 0.6 is 0 Å². The van der Waals surface area contributed by atoms with E-state index in [9.17, 15) is 13.2 Å². The van der Waals surface area contributed by atoms with E-state index in [0.717, 1.165) is 0 Å². The number of ether oxygens (including phenoxy) is 1. The summed E-state index contributed by atoms with van der Waals surface area (Å²) in [4.78, 5) is 15.4. The quantitative estimate of drug-likeness (QED) is 0.636. The van der Waals surface area contributed by atoms with Crippen LogP contribution in [0.25, 0.3) is 6.08 Å². The van der Waals surface area contributed by atoms with Crippen molar-refractivity contribution in [2.75, 3.05) is 0 Å². The van der Waals surface area contributed by atoms with Gasteiger partial charge in [0.15, 0.2) is 12.4 Å². The fourth-order valence-electron chi connectivity index (χ4n) is 1.51. The molecule has 9 heteroatoms. The molecule has 1 heterocycles. The molecule has 2 N–H and O–H groups in total. The van der Waals surface area contributed by atoms with Crippen molar-refractivity contribution in [1.82, 2.24) is 10.1 Å². The maximum absolute atomic E-state index is 11.5. The molecule has 0 spiro atoms. The summed E-state index contributed by atoms with van der Waals surface area (Å²) in [7, 11) is -3.73. The molecule has 0 aliphatic heterocycles. The molecule has 0 aliphatic rings. The number of primary sulfonamides is 1. The number of aromatic nitrogens is 2. The number of esters is 1. The standard InChI is InChI=1S/C13H13N3O5S/c1-9-15-12(21-16-9)8-20-13(17)7-4-10-2-5-11(6-3-10)22(14,18)19/h2-7H,8H2,1H3,(H2,14,18,19)/b7-4+. The van der Waals surface area contributed by atoms with Gasteiger partial charge in [-0.15, -0.1) is 0 Å². The van der Waals surface area contributed by atoms with Crippen LogP contribution in [0.2, 0.25) is 0 Å². The van der Waals surface area contributed by atoms with Crippen molar-refractivity contribution in [2.45, 2.75) is 18.4 Å². The highest BCUT2D eigenvalue weighted by Crippen LogP contribution is 2.10. The Bertz CT molecular complexity index is 793. The van der Waals surface area contributed by atoms with Gasteiger partial charge in [-0.1, -0.05) is 17.3 Å². The Morgan fingerprint density at radius 2 is 2.05 bits per heavy atom. The number of nitrogens with two attached hydrogens (primary N) is 1. The van der Waals surface area contributed by atoms with Crippen LogP contribution in [0.3, 0.4) is 0 Å². The molecule has 2 aromatic rings. The molecule has 0 fully saturated rings. The maximum Gasteiger partial charge on any atom is 0.331 e. The molecule has 8 nitrogen and oxygen atoms in total. The molecule has 2 rings (SSSR count). The lowest BCUT2D eigenvalue weighted by molar-refractivity contribution is -0.139. The Morgan fingerprint density at radius 3 is 2.59 bits per heavy atom. The van der Waals surface area contributed by atoms with Crippen molar-refractivity contribution in [3.63, 3.8) is 0 Å². The Balaban J connectivity index is 1.92. The predicted octanol–water partition coefficient (Wildman–Crippen LogP) is 0.782. The molecular weight excluding hydrogens is 310 g/mol. The molecule has 0 saturated heterocycles. The van der Waals surface area contributed by atoms with Crippen LogP contribution in [-0.2, 0) is 26.2 Å². The molecule has 0 amide bonds. The van der Waals surface area contributed by atoms with E-state index < -0.39 is 16.0 Å². The van der Waals surface area contributed by atoms with Gasteiger partial charge in [-0.25, -0.2) is 18.4 Å². The highest BCUT2D eigenvalue weighted by Gasteiger charge is 2.07. The molecule has 0 unspecified atom stereocenters. The van der Waals surface area contributed by atoms with E-state index in [1.165, 1.54) is 36.4 Å². The van der Waals surface area contributed by atoms with Crippen LogP contribution < -0.4 is 5.14 Å². The number of benzene rings is 1. The summed E-state index contributed by atoms with van der Waals surface area (Å²) in [5, 5.41) is 8.55. The van der Waals surface area contributed by atoms with Crippen LogP contribution in [0.5, 0.6) is 0 Å². The number of hydrogen-bond acceptors (Lipinski definition) is 7. The van der Waals surface area contributed by atoms with Crippen molar-refractivity contribution in [2.24, 2.45) is 5.14 Å². The molecule has 0 radical (unpaired) electrons. The predicted molar refractivity (Wildman–Crippen MR) is 75.7 cm³/mol. The van der Waals surface area contributed by atoms with Crippen LogP contribution in [0, 0.1) is 6.92 Å². The molecule has 1 aromatic heterocycles. The molecule has 0 atom stereocenters. The zero-order valence-corrected chi connectivity index (χ0v) is 12.4. The molecule has 0 bridgehead atoms. The summed E-state index contributed by atoms with van der Waals surface area (Å²) in [6.45, 7) is 1.54. The highest BCUT2D eigenvalue weighted by atomic mass is 32.2. The molecule has 0 saturated carbocycles. The summed E-state index contributed by atoms with van der Waals surface area (Å²) < 4.78 is 31.9. The van der Waals surface area contributed by atoms with Crippen molar-refractivity contribution in [3.05, 3.63) is 47.6 Å². The van der Waals surface area contributed by atoms with Crippen molar-refractivity contribution in [3.8, 4) is 0 Å². The average molecular weight is 323 g/mol. The van der Waals surface area contributed by atoms with Gasteiger partial charge in [0.1, 0.15) is 0 Å². The lowest BCUT2D eigenvalue weighted by Gasteiger charge is -1.99. The third-order valence-corrected chi connectivity index (χ3v) is 3.46. The monoisotopic (exact) mass is 323 g/mol. The Hall–Kier alpha value is -2.52. The van der Waals surface area contributed by atoms with E-state index in [1.807, 2.05) is 0 Å². The number of aryl methyl sites for hydroxylation is 1. The topological polar surface area (TPSA) is 125 Å². The minimum atomic E-state index is -3.73. The van der Waals surface area contributed by atoms with Gasteiger partial charge >= 0.3 is 5.97 Å². The summed E-state index contributed by atoms with van der Waals surface area (Å²) in [5.74, 6) is 0.0691. The van der Waals surface area contributed by atoms with E-state index in [-0.39, 0.29) is 17.4 Å². The fourth-order valence-corrected chi connectivity index (χ4v) is 2.03. The van der Waals surface area contributed by atoms with Crippen molar-refractivity contribution in [1.29, 1.82) is 0 Å². The second kappa shape index (κ2) is 6.50. The second-order valence-corrected chi connectivity index (χ2v) is 5.85. The smallest absolute Gasteiger partial charge is 0.331 e. The largest absolute Gasteiger partial charge is 0.452 e. The SMILES string of the molecule is Cc1noc(COC(=O)/C=C/c2ccc(S(N)(=O)=O)cc2)n1. The first-order valence-electron chi connectivity index (χ1n) is 6.11. The summed E-state index contributed by atoms with van der Waals surface area (Å²) in [6.07, 6.45) is 2.68. The van der Waals surface area contributed by atoms with Crippen LogP contribution in [-0.4, -0.2) is 24.5 Å². The minimum absolute atomic E-state index is 0.000935. The first-order valence-corrected chi connectivity index (χ1v) is 7.66. The molecule has 1 aromatic carbocycles. The second-order valence-electron chi connectivity index (χ2n) is 4.29. The number of carbonyl (C=O) groups excluding carboxylic acids is 1. The number of nitrogens with zero attached hydrogens (tertiary/aromatic N) is 2. The van der Waals surface area contributed by atoms with Crippen molar-refractivity contribution >= 4 is 22.1 Å². The molecule has 116 valence electrons. The highest BCUT2D eigenvalue weighted by molar-refractivity contribution is 7.89. The molecular formula is C13H13N3O5S. The Morgan fingerprint density at radius 1 is 1.36 bits per heavy atom. The van der Waals surface area contributed by atoms with E-state index in [1.54, 1.807) is 6.92 Å². The van der Waals surface area contributed by atoms with E-state index in [0.29, 0.717) is 11.4 Å². The van der Waals surface area contributed by atoms with Gasteiger partial charge in [0.25, 0.3) is 5.89 Å². The van der Waals surface area contributed by atoms with E-state index in [4.69, 9.17) is 14.4 Å².